The molecule has 3 rings (SSSR count). The summed E-state index contributed by atoms with van der Waals surface area (Å²) in [4.78, 5) is 39.5. The van der Waals surface area contributed by atoms with Gasteiger partial charge in [0, 0.05) is 42.5 Å². The average Bonchev–Trinajstić information content (AvgIpc) is 3.24. The van der Waals surface area contributed by atoms with Gasteiger partial charge >= 0.3 is 0 Å². The van der Waals surface area contributed by atoms with Gasteiger partial charge in [0.25, 0.3) is 5.91 Å². The third kappa shape index (κ3) is 5.66. The lowest BCUT2D eigenvalue weighted by molar-refractivity contribution is -0.135. The van der Waals surface area contributed by atoms with Gasteiger partial charge in [-0.2, -0.15) is 0 Å². The normalized spacial score (nSPS) is 14.5. The van der Waals surface area contributed by atoms with Gasteiger partial charge in [0.1, 0.15) is 0 Å². The first-order valence-corrected chi connectivity index (χ1v) is 10.4. The molecular weight excluding hydrogens is 374 g/mol. The molecule has 1 aliphatic rings. The first-order chi connectivity index (χ1) is 13.6. The largest absolute Gasteiger partial charge is 0.354 e. The van der Waals surface area contributed by atoms with Gasteiger partial charge in [0.05, 0.1) is 6.42 Å². The van der Waals surface area contributed by atoms with Crippen LogP contribution in [0, 0.1) is 5.92 Å². The fourth-order valence-corrected chi connectivity index (χ4v) is 3.96. The molecule has 0 aliphatic carbocycles. The number of rotatable bonds is 7. The van der Waals surface area contributed by atoms with E-state index in [0.717, 1.165) is 4.88 Å². The van der Waals surface area contributed by atoms with E-state index in [4.69, 9.17) is 0 Å². The molecule has 0 atom stereocenters. The molecule has 0 spiro atoms. The number of nitrogens with zero attached hydrogens (tertiary/aromatic N) is 1. The summed E-state index contributed by atoms with van der Waals surface area (Å²) in [5.41, 5.74) is 0.605. The number of likely N-dealkylation sites (tertiary alicyclic amines) is 1. The molecule has 0 unspecified atom stereocenters. The monoisotopic (exact) mass is 399 g/mol. The topological polar surface area (TPSA) is 78.5 Å². The molecule has 2 heterocycles. The SMILES string of the molecule is O=C(NCCNC(=O)C1CCN(C(=O)Cc2cccs2)CC1)c1ccccc1. The molecule has 6 nitrogen and oxygen atoms in total. The highest BCUT2D eigenvalue weighted by Crippen LogP contribution is 2.19. The second kappa shape index (κ2) is 10.0. The number of hydrogen-bond donors (Lipinski definition) is 2. The fraction of sp³-hybridized carbons (Fsp3) is 0.381. The van der Waals surface area contributed by atoms with Gasteiger partial charge in [0.15, 0.2) is 0 Å². The van der Waals surface area contributed by atoms with Crippen molar-refractivity contribution in [1.29, 1.82) is 0 Å². The van der Waals surface area contributed by atoms with E-state index in [9.17, 15) is 14.4 Å². The Balaban J connectivity index is 1.32. The van der Waals surface area contributed by atoms with Crippen molar-refractivity contribution in [3.8, 4) is 0 Å². The van der Waals surface area contributed by atoms with Crippen LogP contribution in [0.5, 0.6) is 0 Å². The number of amides is 3. The van der Waals surface area contributed by atoms with Gasteiger partial charge in [0.2, 0.25) is 11.8 Å². The molecule has 1 aliphatic heterocycles. The third-order valence-corrected chi connectivity index (χ3v) is 5.75. The molecule has 3 amide bonds. The number of carbonyl (C=O) groups is 3. The maximum Gasteiger partial charge on any atom is 0.251 e. The number of piperidine rings is 1. The summed E-state index contributed by atoms with van der Waals surface area (Å²) in [5, 5.41) is 7.65. The van der Waals surface area contributed by atoms with Gasteiger partial charge < -0.3 is 15.5 Å². The molecule has 2 N–H and O–H groups in total. The van der Waals surface area contributed by atoms with Gasteiger partial charge in [-0.3, -0.25) is 14.4 Å². The predicted molar refractivity (Wildman–Crippen MR) is 109 cm³/mol. The number of nitrogens with one attached hydrogen (secondary N) is 2. The van der Waals surface area contributed by atoms with Crippen LogP contribution in [0.1, 0.15) is 28.1 Å². The first-order valence-electron chi connectivity index (χ1n) is 9.54. The smallest absolute Gasteiger partial charge is 0.251 e. The standard InChI is InChI=1S/C21H25N3O3S/c25-19(15-18-7-4-14-28-18)24-12-8-17(9-13-24)21(27)23-11-10-22-20(26)16-5-2-1-3-6-16/h1-7,14,17H,8-13,15H2,(H,22,26)(H,23,27). The summed E-state index contributed by atoms with van der Waals surface area (Å²) in [5.74, 6) is -0.0905. The Morgan fingerprint density at radius 2 is 1.68 bits per heavy atom. The Bertz CT molecular complexity index is 784. The zero-order valence-corrected chi connectivity index (χ0v) is 16.5. The maximum atomic E-state index is 12.3. The molecule has 1 fully saturated rings. The van der Waals surface area contributed by atoms with Crippen LogP contribution >= 0.6 is 11.3 Å². The Morgan fingerprint density at radius 1 is 0.964 bits per heavy atom. The maximum absolute atomic E-state index is 12.3. The zero-order chi connectivity index (χ0) is 19.8. The molecule has 1 aromatic heterocycles. The van der Waals surface area contributed by atoms with Crippen LogP contribution in [0.15, 0.2) is 47.8 Å². The number of hydrogen-bond acceptors (Lipinski definition) is 4. The Kier molecular flexibility index (Phi) is 7.19. The van der Waals surface area contributed by atoms with E-state index in [-0.39, 0.29) is 23.6 Å². The second-order valence-electron chi connectivity index (χ2n) is 6.82. The van der Waals surface area contributed by atoms with Gasteiger partial charge in [-0.25, -0.2) is 0 Å². The van der Waals surface area contributed by atoms with E-state index in [0.29, 0.717) is 51.0 Å². The molecule has 0 bridgehead atoms. The first kappa shape index (κ1) is 20.1. The van der Waals surface area contributed by atoms with Crippen LogP contribution in [0.3, 0.4) is 0 Å². The highest BCUT2D eigenvalue weighted by molar-refractivity contribution is 7.10. The van der Waals surface area contributed by atoms with E-state index in [1.54, 1.807) is 23.5 Å². The lowest BCUT2D eigenvalue weighted by atomic mass is 9.95. The Labute approximate surface area is 168 Å². The van der Waals surface area contributed by atoms with E-state index in [1.807, 2.05) is 40.6 Å². The summed E-state index contributed by atoms with van der Waals surface area (Å²) < 4.78 is 0. The minimum atomic E-state index is -0.146. The van der Waals surface area contributed by atoms with Crippen molar-refractivity contribution >= 4 is 29.1 Å². The molecule has 0 saturated carbocycles. The van der Waals surface area contributed by atoms with Gasteiger partial charge in [-0.05, 0) is 36.4 Å². The summed E-state index contributed by atoms with van der Waals surface area (Å²) in [6, 6.07) is 12.9. The van der Waals surface area contributed by atoms with Crippen LogP contribution in [0.25, 0.3) is 0 Å². The van der Waals surface area contributed by atoms with Crippen LogP contribution in [0.2, 0.25) is 0 Å². The lowest BCUT2D eigenvalue weighted by Gasteiger charge is -2.31. The number of carbonyl (C=O) groups excluding carboxylic acids is 3. The molecular formula is C21H25N3O3S. The van der Waals surface area contributed by atoms with Crippen molar-refractivity contribution in [2.75, 3.05) is 26.2 Å². The quantitative estimate of drug-likeness (QED) is 0.700. The minimum Gasteiger partial charge on any atom is -0.354 e. The summed E-state index contributed by atoms with van der Waals surface area (Å²) >= 11 is 1.59. The van der Waals surface area contributed by atoms with Crippen LogP contribution in [-0.4, -0.2) is 48.8 Å². The molecule has 0 radical (unpaired) electrons. The van der Waals surface area contributed by atoms with Crippen molar-refractivity contribution in [1.82, 2.24) is 15.5 Å². The minimum absolute atomic E-state index is 0.000633. The van der Waals surface area contributed by atoms with E-state index in [1.165, 1.54) is 0 Å². The van der Waals surface area contributed by atoms with E-state index < -0.39 is 0 Å². The Hall–Kier alpha value is -2.67. The molecule has 28 heavy (non-hydrogen) atoms. The highest BCUT2D eigenvalue weighted by atomic mass is 32.1. The molecule has 2 aromatic rings. The van der Waals surface area contributed by atoms with Gasteiger partial charge in [-0.1, -0.05) is 24.3 Å². The van der Waals surface area contributed by atoms with Gasteiger partial charge in [-0.15, -0.1) is 11.3 Å². The highest BCUT2D eigenvalue weighted by Gasteiger charge is 2.27. The third-order valence-electron chi connectivity index (χ3n) is 4.87. The number of thiophene rings is 1. The van der Waals surface area contributed by atoms with E-state index >= 15 is 0 Å². The number of benzene rings is 1. The second-order valence-corrected chi connectivity index (χ2v) is 7.86. The zero-order valence-electron chi connectivity index (χ0n) is 15.7. The average molecular weight is 400 g/mol. The molecule has 148 valence electrons. The molecule has 7 heteroatoms. The molecule has 1 saturated heterocycles. The summed E-state index contributed by atoms with van der Waals surface area (Å²) in [6.07, 6.45) is 1.80. The molecule has 1 aromatic carbocycles. The van der Waals surface area contributed by atoms with Crippen LogP contribution in [0.4, 0.5) is 0 Å². The van der Waals surface area contributed by atoms with E-state index in [2.05, 4.69) is 10.6 Å². The van der Waals surface area contributed by atoms with Crippen molar-refractivity contribution in [3.05, 3.63) is 58.3 Å². The predicted octanol–water partition coefficient (Wildman–Crippen LogP) is 2.08. The summed E-state index contributed by atoms with van der Waals surface area (Å²) in [7, 11) is 0. The van der Waals surface area contributed by atoms with Crippen molar-refractivity contribution < 1.29 is 14.4 Å². The Morgan fingerprint density at radius 3 is 2.36 bits per heavy atom. The van der Waals surface area contributed by atoms with Crippen molar-refractivity contribution in [2.45, 2.75) is 19.3 Å². The van der Waals surface area contributed by atoms with Crippen LogP contribution < -0.4 is 10.6 Å². The van der Waals surface area contributed by atoms with Crippen molar-refractivity contribution in [2.24, 2.45) is 5.92 Å². The lowest BCUT2D eigenvalue weighted by Crippen LogP contribution is -2.44. The van der Waals surface area contributed by atoms with Crippen LogP contribution in [-0.2, 0) is 16.0 Å². The fourth-order valence-electron chi connectivity index (χ4n) is 3.26. The van der Waals surface area contributed by atoms with Crippen molar-refractivity contribution in [3.63, 3.8) is 0 Å². The summed E-state index contributed by atoms with van der Waals surface area (Å²) in [6.45, 7) is 2.02.